The average molecular weight is 244 g/mol. The summed E-state index contributed by atoms with van der Waals surface area (Å²) in [7, 11) is 0. The van der Waals surface area contributed by atoms with Crippen LogP contribution in [0.4, 0.5) is 0 Å². The van der Waals surface area contributed by atoms with Crippen molar-refractivity contribution in [3.05, 3.63) is 0 Å². The van der Waals surface area contributed by atoms with Crippen molar-refractivity contribution >= 4 is 5.91 Å². The Balaban J connectivity index is 2.91. The van der Waals surface area contributed by atoms with Gasteiger partial charge >= 0.3 is 0 Å². The number of primary amides is 1. The fraction of sp³-hybridized carbons (Fsp3) is 0.923. The lowest BCUT2D eigenvalue weighted by Crippen LogP contribution is -2.24. The Labute approximate surface area is 105 Å². The third-order valence-corrected chi connectivity index (χ3v) is 2.62. The molecular formula is C13H28N2O2. The number of nitrogens with one attached hydrogen (secondary N) is 1. The van der Waals surface area contributed by atoms with Gasteiger partial charge in [-0.05, 0) is 13.0 Å². The van der Waals surface area contributed by atoms with Gasteiger partial charge in [-0.3, -0.25) is 4.79 Å². The Morgan fingerprint density at radius 2 is 1.71 bits per heavy atom. The standard InChI is InChI=1S/C13H28N2O2/c1-2-3-4-5-6-7-8-9-15-10-11-17-12-13(14)16/h15H,2-12H2,1H3,(H2,14,16). The van der Waals surface area contributed by atoms with Crippen molar-refractivity contribution in [1.82, 2.24) is 5.32 Å². The van der Waals surface area contributed by atoms with E-state index in [1.54, 1.807) is 0 Å². The zero-order valence-corrected chi connectivity index (χ0v) is 11.2. The van der Waals surface area contributed by atoms with Crippen molar-refractivity contribution in [2.45, 2.75) is 51.9 Å². The molecule has 0 aromatic rings. The molecule has 0 saturated heterocycles. The predicted octanol–water partition coefficient (Wildman–Crippen LogP) is 1.83. The topological polar surface area (TPSA) is 64.3 Å². The van der Waals surface area contributed by atoms with Crippen LogP contribution in [0.1, 0.15) is 51.9 Å². The molecule has 0 atom stereocenters. The summed E-state index contributed by atoms with van der Waals surface area (Å²) in [4.78, 5) is 10.4. The van der Waals surface area contributed by atoms with Crippen molar-refractivity contribution in [1.29, 1.82) is 0 Å². The summed E-state index contributed by atoms with van der Waals surface area (Å²) >= 11 is 0. The van der Waals surface area contributed by atoms with Crippen molar-refractivity contribution in [2.75, 3.05) is 26.3 Å². The van der Waals surface area contributed by atoms with E-state index in [1.807, 2.05) is 0 Å². The van der Waals surface area contributed by atoms with Gasteiger partial charge in [0.05, 0.1) is 6.61 Å². The SMILES string of the molecule is CCCCCCCCCNCCOCC(N)=O. The van der Waals surface area contributed by atoms with E-state index >= 15 is 0 Å². The molecule has 0 unspecified atom stereocenters. The van der Waals surface area contributed by atoms with E-state index < -0.39 is 5.91 Å². The van der Waals surface area contributed by atoms with Crippen LogP contribution in [0.3, 0.4) is 0 Å². The van der Waals surface area contributed by atoms with Gasteiger partial charge in [-0.2, -0.15) is 0 Å². The monoisotopic (exact) mass is 244 g/mol. The van der Waals surface area contributed by atoms with Gasteiger partial charge in [0.25, 0.3) is 0 Å². The third-order valence-electron chi connectivity index (χ3n) is 2.62. The zero-order chi connectivity index (χ0) is 12.8. The number of ether oxygens (including phenoxy) is 1. The molecular weight excluding hydrogens is 216 g/mol. The number of carbonyl (C=O) groups is 1. The molecule has 0 radical (unpaired) electrons. The second kappa shape index (κ2) is 13.5. The molecule has 0 aliphatic rings. The lowest BCUT2D eigenvalue weighted by Gasteiger charge is -2.05. The van der Waals surface area contributed by atoms with Crippen molar-refractivity contribution in [3.8, 4) is 0 Å². The Kier molecular flexibility index (Phi) is 13.0. The Morgan fingerprint density at radius 1 is 1.06 bits per heavy atom. The summed E-state index contributed by atoms with van der Waals surface area (Å²) in [6, 6.07) is 0. The maximum atomic E-state index is 10.4. The van der Waals surface area contributed by atoms with Gasteiger partial charge in [0.15, 0.2) is 0 Å². The number of rotatable bonds is 13. The Morgan fingerprint density at radius 3 is 2.35 bits per heavy atom. The van der Waals surface area contributed by atoms with Gasteiger partial charge in [0.2, 0.25) is 5.91 Å². The van der Waals surface area contributed by atoms with Gasteiger partial charge in [-0.25, -0.2) is 0 Å². The van der Waals surface area contributed by atoms with Gasteiger partial charge < -0.3 is 15.8 Å². The molecule has 0 heterocycles. The van der Waals surface area contributed by atoms with Crippen LogP contribution in [-0.4, -0.2) is 32.2 Å². The average Bonchev–Trinajstić information content (AvgIpc) is 2.30. The van der Waals surface area contributed by atoms with Crippen molar-refractivity contribution < 1.29 is 9.53 Å². The van der Waals surface area contributed by atoms with E-state index in [0.29, 0.717) is 6.61 Å². The molecule has 3 N–H and O–H groups in total. The first kappa shape index (κ1) is 16.4. The third kappa shape index (κ3) is 15.4. The first-order valence-corrected chi connectivity index (χ1v) is 6.84. The molecule has 4 nitrogen and oxygen atoms in total. The minimum Gasteiger partial charge on any atom is -0.370 e. The van der Waals surface area contributed by atoms with Gasteiger partial charge in [-0.1, -0.05) is 45.4 Å². The molecule has 0 aromatic heterocycles. The van der Waals surface area contributed by atoms with E-state index in [1.165, 1.54) is 44.9 Å². The summed E-state index contributed by atoms with van der Waals surface area (Å²) in [5.41, 5.74) is 4.94. The zero-order valence-electron chi connectivity index (χ0n) is 11.2. The molecule has 0 aliphatic heterocycles. The van der Waals surface area contributed by atoms with Gasteiger partial charge in [0, 0.05) is 6.54 Å². The van der Waals surface area contributed by atoms with Crippen LogP contribution in [0.5, 0.6) is 0 Å². The van der Waals surface area contributed by atoms with E-state index in [2.05, 4.69) is 12.2 Å². The Bertz CT molecular complexity index is 175. The highest BCUT2D eigenvalue weighted by atomic mass is 16.5. The van der Waals surface area contributed by atoms with Crippen molar-refractivity contribution in [3.63, 3.8) is 0 Å². The lowest BCUT2D eigenvalue weighted by molar-refractivity contribution is -0.122. The number of hydrogen-bond donors (Lipinski definition) is 2. The van der Waals surface area contributed by atoms with Crippen molar-refractivity contribution in [2.24, 2.45) is 5.73 Å². The second-order valence-corrected chi connectivity index (χ2v) is 4.39. The maximum absolute atomic E-state index is 10.4. The highest BCUT2D eigenvalue weighted by molar-refractivity contribution is 5.74. The van der Waals surface area contributed by atoms with E-state index in [-0.39, 0.29) is 6.61 Å². The van der Waals surface area contributed by atoms with Crippen LogP contribution in [0.15, 0.2) is 0 Å². The molecule has 0 rings (SSSR count). The number of carbonyl (C=O) groups excluding carboxylic acids is 1. The quantitative estimate of drug-likeness (QED) is 0.486. The van der Waals surface area contributed by atoms with Gasteiger partial charge in [-0.15, -0.1) is 0 Å². The molecule has 4 heteroatoms. The molecule has 0 spiro atoms. The van der Waals surface area contributed by atoms with Crippen LogP contribution in [0, 0.1) is 0 Å². The predicted molar refractivity (Wildman–Crippen MR) is 70.9 cm³/mol. The second-order valence-electron chi connectivity index (χ2n) is 4.39. The number of amides is 1. The Hall–Kier alpha value is -0.610. The van der Waals surface area contributed by atoms with E-state index in [0.717, 1.165) is 13.1 Å². The highest BCUT2D eigenvalue weighted by Gasteiger charge is 1.94. The number of hydrogen-bond acceptors (Lipinski definition) is 3. The molecule has 1 amide bonds. The normalized spacial score (nSPS) is 10.6. The first-order chi connectivity index (χ1) is 8.27. The van der Waals surface area contributed by atoms with E-state index in [4.69, 9.17) is 10.5 Å². The molecule has 102 valence electrons. The molecule has 17 heavy (non-hydrogen) atoms. The summed E-state index contributed by atoms with van der Waals surface area (Å²) in [5.74, 6) is -0.405. The summed E-state index contributed by atoms with van der Waals surface area (Å²) in [6.07, 6.45) is 9.31. The minimum atomic E-state index is -0.405. The molecule has 0 fully saturated rings. The van der Waals surface area contributed by atoms with Gasteiger partial charge in [0.1, 0.15) is 6.61 Å². The summed E-state index contributed by atoms with van der Waals surface area (Å²) in [6.45, 7) is 4.65. The van der Waals surface area contributed by atoms with Crippen LogP contribution in [0.2, 0.25) is 0 Å². The summed E-state index contributed by atoms with van der Waals surface area (Å²) < 4.78 is 5.03. The molecule has 0 bridgehead atoms. The highest BCUT2D eigenvalue weighted by Crippen LogP contribution is 2.05. The number of unbranched alkanes of at least 4 members (excludes halogenated alkanes) is 6. The number of nitrogens with two attached hydrogens (primary N) is 1. The maximum Gasteiger partial charge on any atom is 0.243 e. The van der Waals surface area contributed by atoms with Crippen LogP contribution in [0.25, 0.3) is 0 Å². The lowest BCUT2D eigenvalue weighted by atomic mass is 10.1. The minimum absolute atomic E-state index is 0.0269. The fourth-order valence-electron chi connectivity index (χ4n) is 1.65. The first-order valence-electron chi connectivity index (χ1n) is 6.84. The molecule has 0 aromatic carbocycles. The van der Waals surface area contributed by atoms with E-state index in [9.17, 15) is 4.79 Å². The molecule has 0 aliphatic carbocycles. The fourth-order valence-corrected chi connectivity index (χ4v) is 1.65. The van der Waals surface area contributed by atoms with Crippen LogP contribution < -0.4 is 11.1 Å². The van der Waals surface area contributed by atoms with Crippen LogP contribution in [-0.2, 0) is 9.53 Å². The smallest absolute Gasteiger partial charge is 0.243 e. The van der Waals surface area contributed by atoms with Crippen LogP contribution >= 0.6 is 0 Å². The largest absolute Gasteiger partial charge is 0.370 e. The molecule has 0 saturated carbocycles. The summed E-state index contributed by atoms with van der Waals surface area (Å²) in [5, 5.41) is 3.28.